The minimum Gasteiger partial charge on any atom is -0.300 e. The Morgan fingerprint density at radius 1 is 1.14 bits per heavy atom. The summed E-state index contributed by atoms with van der Waals surface area (Å²) < 4.78 is 0. The van der Waals surface area contributed by atoms with Gasteiger partial charge in [0.05, 0.1) is 0 Å². The summed E-state index contributed by atoms with van der Waals surface area (Å²) in [6.45, 7) is 4.27. The largest absolute Gasteiger partial charge is 0.300 e. The van der Waals surface area contributed by atoms with E-state index in [2.05, 4.69) is 13.8 Å². The van der Waals surface area contributed by atoms with E-state index in [1.807, 2.05) is 18.2 Å². The Labute approximate surface area is 142 Å². The van der Waals surface area contributed by atoms with Crippen LogP contribution in [0.5, 0.6) is 0 Å². The molecule has 0 bridgehead atoms. The standard InChI is InChI=1S/C17H24Cl2OS/c1-3-5-6-7-9-13(20)12-16(21-4-2)17-14(18)10-8-11-15(17)19/h8,10-11,16H,3-7,9,12H2,1-2H3. The van der Waals surface area contributed by atoms with Gasteiger partial charge in [-0.15, -0.1) is 0 Å². The van der Waals surface area contributed by atoms with E-state index in [4.69, 9.17) is 23.2 Å². The number of Topliss-reactive ketones (excluding diaryl/α,β-unsaturated/α-hetero) is 1. The maximum absolute atomic E-state index is 12.2. The van der Waals surface area contributed by atoms with Crippen molar-refractivity contribution in [2.45, 2.75) is 57.6 Å². The number of benzene rings is 1. The third-order valence-electron chi connectivity index (χ3n) is 3.41. The van der Waals surface area contributed by atoms with Crippen molar-refractivity contribution < 1.29 is 4.79 Å². The second-order valence-electron chi connectivity index (χ2n) is 5.13. The predicted molar refractivity (Wildman–Crippen MR) is 95.7 cm³/mol. The van der Waals surface area contributed by atoms with E-state index < -0.39 is 0 Å². The Hall–Kier alpha value is -0.180. The van der Waals surface area contributed by atoms with Gasteiger partial charge < -0.3 is 0 Å². The molecule has 1 nitrogen and oxygen atoms in total. The molecule has 0 aliphatic rings. The van der Waals surface area contributed by atoms with Gasteiger partial charge in [0.2, 0.25) is 0 Å². The summed E-state index contributed by atoms with van der Waals surface area (Å²) in [5.41, 5.74) is 0.912. The number of halogens is 2. The maximum Gasteiger partial charge on any atom is 0.134 e. The molecule has 0 saturated carbocycles. The zero-order valence-electron chi connectivity index (χ0n) is 12.8. The first kappa shape index (κ1) is 18.9. The molecule has 118 valence electrons. The highest BCUT2D eigenvalue weighted by atomic mass is 35.5. The van der Waals surface area contributed by atoms with Crippen molar-refractivity contribution in [1.29, 1.82) is 0 Å². The Bertz CT molecular complexity index is 428. The van der Waals surface area contributed by atoms with Crippen LogP contribution < -0.4 is 0 Å². The van der Waals surface area contributed by atoms with Gasteiger partial charge in [0, 0.05) is 33.7 Å². The molecule has 0 aliphatic heterocycles. The summed E-state index contributed by atoms with van der Waals surface area (Å²) in [6, 6.07) is 5.53. The second-order valence-corrected chi connectivity index (χ2v) is 7.43. The van der Waals surface area contributed by atoms with Crippen molar-refractivity contribution in [1.82, 2.24) is 0 Å². The van der Waals surface area contributed by atoms with Gasteiger partial charge in [-0.25, -0.2) is 0 Å². The molecule has 0 fully saturated rings. The number of thioether (sulfide) groups is 1. The first-order valence-electron chi connectivity index (χ1n) is 7.67. The van der Waals surface area contributed by atoms with Crippen LogP contribution in [0, 0.1) is 0 Å². The van der Waals surface area contributed by atoms with E-state index in [0.717, 1.165) is 24.2 Å². The summed E-state index contributed by atoms with van der Waals surface area (Å²) in [4.78, 5) is 12.2. The monoisotopic (exact) mass is 346 g/mol. The molecule has 0 aliphatic carbocycles. The van der Waals surface area contributed by atoms with Crippen molar-refractivity contribution >= 4 is 40.7 Å². The van der Waals surface area contributed by atoms with E-state index in [-0.39, 0.29) is 5.25 Å². The lowest BCUT2D eigenvalue weighted by Gasteiger charge is -2.18. The lowest BCUT2D eigenvalue weighted by Crippen LogP contribution is -2.06. The number of carbonyl (C=O) groups is 1. The molecule has 0 amide bonds. The molecule has 1 unspecified atom stereocenters. The molecule has 1 aromatic carbocycles. The third-order valence-corrected chi connectivity index (χ3v) is 5.21. The number of hydrogen-bond acceptors (Lipinski definition) is 2. The molecular formula is C17H24Cl2OS. The van der Waals surface area contributed by atoms with E-state index in [0.29, 0.717) is 28.7 Å². The molecule has 0 heterocycles. The van der Waals surface area contributed by atoms with Crippen molar-refractivity contribution in [2.24, 2.45) is 0 Å². The molecule has 0 radical (unpaired) electrons. The van der Waals surface area contributed by atoms with Gasteiger partial charge in [-0.05, 0) is 24.3 Å². The lowest BCUT2D eigenvalue weighted by atomic mass is 10.0. The maximum atomic E-state index is 12.2. The molecule has 0 spiro atoms. The first-order valence-corrected chi connectivity index (χ1v) is 9.47. The topological polar surface area (TPSA) is 17.1 Å². The molecule has 0 N–H and O–H groups in total. The van der Waals surface area contributed by atoms with Crippen LogP contribution in [0.2, 0.25) is 10.0 Å². The highest BCUT2D eigenvalue weighted by molar-refractivity contribution is 7.99. The Morgan fingerprint density at radius 3 is 2.38 bits per heavy atom. The Balaban J connectivity index is 2.67. The van der Waals surface area contributed by atoms with Gasteiger partial charge >= 0.3 is 0 Å². The smallest absolute Gasteiger partial charge is 0.134 e. The van der Waals surface area contributed by atoms with E-state index in [1.54, 1.807) is 11.8 Å². The number of ketones is 1. The zero-order chi connectivity index (χ0) is 15.7. The van der Waals surface area contributed by atoms with Crippen LogP contribution in [0.15, 0.2) is 18.2 Å². The van der Waals surface area contributed by atoms with Crippen molar-refractivity contribution in [2.75, 3.05) is 5.75 Å². The Morgan fingerprint density at radius 2 is 1.81 bits per heavy atom. The van der Waals surface area contributed by atoms with Gasteiger partial charge in [0.15, 0.2) is 0 Å². The van der Waals surface area contributed by atoms with Crippen LogP contribution in [0.1, 0.15) is 63.2 Å². The predicted octanol–water partition coefficient (Wildman–Crippen LogP) is 6.72. The summed E-state index contributed by atoms with van der Waals surface area (Å²) >= 11 is 14.3. The van der Waals surface area contributed by atoms with Gasteiger partial charge in [-0.2, -0.15) is 11.8 Å². The molecule has 1 atom stereocenters. The number of carbonyl (C=O) groups excluding carboxylic acids is 1. The number of unbranched alkanes of at least 4 members (excludes halogenated alkanes) is 3. The minimum atomic E-state index is 0.0647. The molecule has 21 heavy (non-hydrogen) atoms. The highest BCUT2D eigenvalue weighted by Crippen LogP contribution is 2.40. The molecule has 1 aromatic rings. The van der Waals surface area contributed by atoms with Crippen molar-refractivity contribution in [3.8, 4) is 0 Å². The average Bonchev–Trinajstić information content (AvgIpc) is 2.43. The fourth-order valence-corrected chi connectivity index (χ4v) is 4.24. The molecule has 0 aromatic heterocycles. The van der Waals surface area contributed by atoms with Crippen LogP contribution in [-0.2, 0) is 4.79 Å². The van der Waals surface area contributed by atoms with Gasteiger partial charge in [-0.3, -0.25) is 4.79 Å². The van der Waals surface area contributed by atoms with Crippen LogP contribution in [0.25, 0.3) is 0 Å². The van der Waals surface area contributed by atoms with E-state index >= 15 is 0 Å². The van der Waals surface area contributed by atoms with E-state index in [9.17, 15) is 4.79 Å². The zero-order valence-corrected chi connectivity index (χ0v) is 15.2. The van der Waals surface area contributed by atoms with Crippen molar-refractivity contribution in [3.63, 3.8) is 0 Å². The van der Waals surface area contributed by atoms with E-state index in [1.165, 1.54) is 12.8 Å². The van der Waals surface area contributed by atoms with Crippen LogP contribution in [-0.4, -0.2) is 11.5 Å². The third kappa shape index (κ3) is 6.63. The van der Waals surface area contributed by atoms with Crippen LogP contribution in [0.4, 0.5) is 0 Å². The van der Waals surface area contributed by atoms with Gasteiger partial charge in [0.1, 0.15) is 5.78 Å². The Kier molecular flexibility index (Phi) is 9.46. The molecular weight excluding hydrogens is 323 g/mol. The van der Waals surface area contributed by atoms with Crippen LogP contribution >= 0.6 is 35.0 Å². The van der Waals surface area contributed by atoms with Crippen LogP contribution in [0.3, 0.4) is 0 Å². The molecule has 1 rings (SSSR count). The quantitative estimate of drug-likeness (QED) is 0.437. The number of rotatable bonds is 10. The second kappa shape index (κ2) is 10.5. The minimum absolute atomic E-state index is 0.0647. The summed E-state index contributed by atoms with van der Waals surface area (Å²) in [6.07, 6.45) is 5.72. The molecule has 0 saturated heterocycles. The van der Waals surface area contributed by atoms with Gasteiger partial charge in [0.25, 0.3) is 0 Å². The first-order chi connectivity index (χ1) is 10.1. The number of hydrogen-bond donors (Lipinski definition) is 0. The van der Waals surface area contributed by atoms with Gasteiger partial charge in [-0.1, -0.05) is 62.4 Å². The summed E-state index contributed by atoms with van der Waals surface area (Å²) in [7, 11) is 0. The SMILES string of the molecule is CCCCCCC(=O)CC(SCC)c1c(Cl)cccc1Cl. The van der Waals surface area contributed by atoms with Crippen molar-refractivity contribution in [3.05, 3.63) is 33.8 Å². The normalized spacial score (nSPS) is 12.4. The average molecular weight is 347 g/mol. The highest BCUT2D eigenvalue weighted by Gasteiger charge is 2.20. The molecule has 4 heteroatoms. The fraction of sp³-hybridized carbons (Fsp3) is 0.588. The summed E-state index contributed by atoms with van der Waals surface area (Å²) in [5, 5.41) is 1.38. The fourth-order valence-electron chi connectivity index (χ4n) is 2.32. The summed E-state index contributed by atoms with van der Waals surface area (Å²) in [5.74, 6) is 1.25. The lowest BCUT2D eigenvalue weighted by molar-refractivity contribution is -0.119.